The minimum Gasteiger partial charge on any atom is -0.493 e. The molecule has 2 aliphatic heterocycles. The first-order valence-electron chi connectivity index (χ1n) is 5.56. The minimum atomic E-state index is -0.0730. The number of fused-ring (bicyclic) bond motifs is 2. The van der Waals surface area contributed by atoms with Crippen LogP contribution < -0.4 is 10.1 Å². The van der Waals surface area contributed by atoms with E-state index in [-0.39, 0.29) is 5.54 Å². The summed E-state index contributed by atoms with van der Waals surface area (Å²) in [7, 11) is 0. The van der Waals surface area contributed by atoms with Gasteiger partial charge in [-0.05, 0) is 12.1 Å². The first kappa shape index (κ1) is 10.4. The fourth-order valence-corrected chi connectivity index (χ4v) is 2.64. The summed E-state index contributed by atoms with van der Waals surface area (Å²) >= 11 is 5.97. The predicted octanol–water partition coefficient (Wildman–Crippen LogP) is 1.94. The highest BCUT2D eigenvalue weighted by atomic mass is 35.5. The van der Waals surface area contributed by atoms with E-state index in [1.807, 2.05) is 18.2 Å². The van der Waals surface area contributed by atoms with Crippen LogP contribution in [0, 0.1) is 0 Å². The number of hydrogen-bond donors (Lipinski definition) is 1. The van der Waals surface area contributed by atoms with Gasteiger partial charge in [-0.3, -0.25) is 0 Å². The van der Waals surface area contributed by atoms with Gasteiger partial charge >= 0.3 is 0 Å². The molecular formula is C12H14ClNO2. The zero-order valence-corrected chi connectivity index (χ0v) is 9.72. The lowest BCUT2D eigenvalue weighted by molar-refractivity contribution is 0.00565. The van der Waals surface area contributed by atoms with Crippen LogP contribution in [0.25, 0.3) is 0 Å². The van der Waals surface area contributed by atoms with E-state index in [1.165, 1.54) is 5.56 Å². The Hall–Kier alpha value is -0.770. The van der Waals surface area contributed by atoms with Crippen molar-refractivity contribution in [3.63, 3.8) is 0 Å². The summed E-state index contributed by atoms with van der Waals surface area (Å²) in [5.41, 5.74) is 1.10. The summed E-state index contributed by atoms with van der Waals surface area (Å²) in [5.74, 6) is 0.886. The monoisotopic (exact) mass is 239 g/mol. The van der Waals surface area contributed by atoms with Crippen LogP contribution in [0.15, 0.2) is 18.2 Å². The van der Waals surface area contributed by atoms with Crippen molar-refractivity contribution in [1.82, 2.24) is 5.32 Å². The molecule has 0 radical (unpaired) electrons. The number of nitrogens with one attached hydrogen (secondary N) is 1. The number of ether oxygens (including phenoxy) is 2. The highest BCUT2D eigenvalue weighted by Crippen LogP contribution is 2.39. The zero-order chi connectivity index (χ0) is 11.0. The molecule has 4 heteroatoms. The third-order valence-electron chi connectivity index (χ3n) is 3.30. The van der Waals surface area contributed by atoms with E-state index in [4.69, 9.17) is 21.1 Å². The Kier molecular flexibility index (Phi) is 2.54. The second-order valence-corrected chi connectivity index (χ2v) is 4.74. The second kappa shape index (κ2) is 3.91. The number of morpholine rings is 1. The fraction of sp³-hybridized carbons (Fsp3) is 0.500. The normalized spacial score (nSPS) is 28.6. The minimum absolute atomic E-state index is 0.0730. The van der Waals surface area contributed by atoms with Crippen LogP contribution in [-0.4, -0.2) is 26.4 Å². The molecule has 1 fully saturated rings. The SMILES string of the molecule is Clc1ccc2c(c1)OCC[C@@]21COCCN1. The lowest BCUT2D eigenvalue weighted by Crippen LogP contribution is -2.53. The summed E-state index contributed by atoms with van der Waals surface area (Å²) in [6, 6.07) is 5.83. The molecule has 0 bridgehead atoms. The Morgan fingerprint density at radius 3 is 3.06 bits per heavy atom. The molecule has 2 aliphatic rings. The summed E-state index contributed by atoms with van der Waals surface area (Å²) in [5, 5.41) is 4.28. The van der Waals surface area contributed by atoms with Crippen molar-refractivity contribution in [3.05, 3.63) is 28.8 Å². The van der Waals surface area contributed by atoms with Crippen molar-refractivity contribution in [2.24, 2.45) is 0 Å². The average molecular weight is 240 g/mol. The van der Waals surface area contributed by atoms with E-state index < -0.39 is 0 Å². The maximum Gasteiger partial charge on any atom is 0.125 e. The molecule has 0 unspecified atom stereocenters. The quantitative estimate of drug-likeness (QED) is 0.751. The Labute approximate surface area is 99.7 Å². The molecule has 0 aromatic heterocycles. The molecular weight excluding hydrogens is 226 g/mol. The van der Waals surface area contributed by atoms with Crippen molar-refractivity contribution in [1.29, 1.82) is 0 Å². The average Bonchev–Trinajstić information content (AvgIpc) is 2.30. The number of hydrogen-bond acceptors (Lipinski definition) is 3. The molecule has 1 aromatic carbocycles. The van der Waals surface area contributed by atoms with Gasteiger partial charge in [-0.2, -0.15) is 0 Å². The summed E-state index contributed by atoms with van der Waals surface area (Å²) in [6.07, 6.45) is 0.946. The van der Waals surface area contributed by atoms with Gasteiger partial charge in [0.2, 0.25) is 0 Å². The lowest BCUT2D eigenvalue weighted by Gasteiger charge is -2.42. The third kappa shape index (κ3) is 1.59. The molecule has 1 N–H and O–H groups in total. The van der Waals surface area contributed by atoms with Gasteiger partial charge in [0.1, 0.15) is 5.75 Å². The molecule has 86 valence electrons. The molecule has 3 rings (SSSR count). The molecule has 0 amide bonds. The Morgan fingerprint density at radius 1 is 1.31 bits per heavy atom. The molecule has 0 saturated carbocycles. The number of rotatable bonds is 0. The zero-order valence-electron chi connectivity index (χ0n) is 8.96. The predicted molar refractivity (Wildman–Crippen MR) is 62.1 cm³/mol. The first-order valence-corrected chi connectivity index (χ1v) is 5.94. The molecule has 16 heavy (non-hydrogen) atoms. The third-order valence-corrected chi connectivity index (χ3v) is 3.54. The number of benzene rings is 1. The van der Waals surface area contributed by atoms with Crippen LogP contribution in [0.2, 0.25) is 5.02 Å². The fourth-order valence-electron chi connectivity index (χ4n) is 2.47. The largest absolute Gasteiger partial charge is 0.493 e. The van der Waals surface area contributed by atoms with E-state index in [1.54, 1.807) is 0 Å². The van der Waals surface area contributed by atoms with Crippen LogP contribution >= 0.6 is 11.6 Å². The van der Waals surface area contributed by atoms with Crippen molar-refractivity contribution in [3.8, 4) is 5.75 Å². The van der Waals surface area contributed by atoms with E-state index in [0.29, 0.717) is 18.2 Å². The molecule has 0 aliphatic carbocycles. The first-order chi connectivity index (χ1) is 7.80. The van der Waals surface area contributed by atoms with E-state index >= 15 is 0 Å². The summed E-state index contributed by atoms with van der Waals surface area (Å²) in [4.78, 5) is 0. The standard InChI is InChI=1S/C12H14ClNO2/c13-9-1-2-10-11(7-9)16-5-3-12(10)8-15-6-4-14-12/h1-2,7,14H,3-6,8H2/t12-/m1/s1. The summed E-state index contributed by atoms with van der Waals surface area (Å²) in [6.45, 7) is 3.10. The maximum absolute atomic E-state index is 5.97. The van der Waals surface area contributed by atoms with E-state index in [0.717, 1.165) is 25.3 Å². The van der Waals surface area contributed by atoms with Gasteiger partial charge in [0.25, 0.3) is 0 Å². The molecule has 3 nitrogen and oxygen atoms in total. The van der Waals surface area contributed by atoms with Crippen LogP contribution in [0.4, 0.5) is 0 Å². The van der Waals surface area contributed by atoms with Crippen LogP contribution in [0.1, 0.15) is 12.0 Å². The van der Waals surface area contributed by atoms with Crippen molar-refractivity contribution in [2.75, 3.05) is 26.4 Å². The van der Waals surface area contributed by atoms with Crippen LogP contribution in [0.5, 0.6) is 5.75 Å². The molecule has 1 aromatic rings. The van der Waals surface area contributed by atoms with Crippen LogP contribution in [-0.2, 0) is 10.3 Å². The van der Waals surface area contributed by atoms with Gasteiger partial charge in [-0.1, -0.05) is 17.7 Å². The van der Waals surface area contributed by atoms with Crippen LogP contribution in [0.3, 0.4) is 0 Å². The van der Waals surface area contributed by atoms with E-state index in [2.05, 4.69) is 5.32 Å². The molecule has 1 saturated heterocycles. The van der Waals surface area contributed by atoms with Gasteiger partial charge in [-0.25, -0.2) is 0 Å². The van der Waals surface area contributed by atoms with Crippen molar-refractivity contribution < 1.29 is 9.47 Å². The Balaban J connectivity index is 2.04. The second-order valence-electron chi connectivity index (χ2n) is 4.30. The van der Waals surface area contributed by atoms with Gasteiger partial charge in [0, 0.05) is 23.6 Å². The molecule has 1 atom stereocenters. The Bertz CT molecular complexity index is 402. The molecule has 2 heterocycles. The van der Waals surface area contributed by atoms with Crippen molar-refractivity contribution in [2.45, 2.75) is 12.0 Å². The Morgan fingerprint density at radius 2 is 2.25 bits per heavy atom. The number of halogens is 1. The topological polar surface area (TPSA) is 30.5 Å². The smallest absolute Gasteiger partial charge is 0.125 e. The van der Waals surface area contributed by atoms with Gasteiger partial charge < -0.3 is 14.8 Å². The highest BCUT2D eigenvalue weighted by Gasteiger charge is 2.39. The molecule has 1 spiro atoms. The van der Waals surface area contributed by atoms with Gasteiger partial charge in [0.15, 0.2) is 0 Å². The summed E-state index contributed by atoms with van der Waals surface area (Å²) < 4.78 is 11.3. The maximum atomic E-state index is 5.97. The van der Waals surface area contributed by atoms with Gasteiger partial charge in [-0.15, -0.1) is 0 Å². The van der Waals surface area contributed by atoms with Gasteiger partial charge in [0.05, 0.1) is 25.4 Å². The lowest BCUT2D eigenvalue weighted by atomic mass is 9.84. The van der Waals surface area contributed by atoms with E-state index in [9.17, 15) is 0 Å². The van der Waals surface area contributed by atoms with Crippen molar-refractivity contribution >= 4 is 11.6 Å². The highest BCUT2D eigenvalue weighted by molar-refractivity contribution is 6.30.